The number of halogens is 1. The molecule has 4 aromatic rings. The Hall–Kier alpha value is -4.45. The average molecular weight is 437 g/mol. The second kappa shape index (κ2) is 8.59. The molecular weight excluding hydrogens is 417 g/mol. The topological polar surface area (TPSA) is 61.4 Å². The maximum Gasteiger partial charge on any atom is 0.262 e. The summed E-state index contributed by atoms with van der Waals surface area (Å²) < 4.78 is 13.9. The van der Waals surface area contributed by atoms with Gasteiger partial charge in [0.2, 0.25) is 0 Å². The molecule has 0 spiro atoms. The molecule has 0 unspecified atom stereocenters. The van der Waals surface area contributed by atoms with E-state index in [1.165, 1.54) is 18.2 Å². The number of amides is 2. The highest BCUT2D eigenvalue weighted by Gasteiger charge is 2.26. The Kier molecular flexibility index (Phi) is 5.32. The van der Waals surface area contributed by atoms with Gasteiger partial charge in [-0.1, -0.05) is 42.5 Å². The molecule has 1 aliphatic rings. The summed E-state index contributed by atoms with van der Waals surface area (Å²) in [7, 11) is 0. The van der Waals surface area contributed by atoms with Gasteiger partial charge in [-0.3, -0.25) is 14.5 Å². The van der Waals surface area contributed by atoms with Crippen molar-refractivity contribution in [2.24, 2.45) is 0 Å². The van der Waals surface area contributed by atoms with E-state index in [-0.39, 0.29) is 11.5 Å². The molecule has 0 radical (unpaired) electrons. The number of anilines is 4. The van der Waals surface area contributed by atoms with E-state index in [1.807, 2.05) is 48.5 Å². The zero-order valence-electron chi connectivity index (χ0n) is 17.6. The molecule has 2 N–H and O–H groups in total. The Morgan fingerprint density at radius 2 is 1.45 bits per heavy atom. The lowest BCUT2D eigenvalue weighted by Gasteiger charge is -2.24. The smallest absolute Gasteiger partial charge is 0.262 e. The van der Waals surface area contributed by atoms with Crippen molar-refractivity contribution in [3.05, 3.63) is 120 Å². The molecule has 6 heteroatoms. The summed E-state index contributed by atoms with van der Waals surface area (Å²) in [5, 5.41) is 6.07. The number of nitrogens with zero attached hydrogens (tertiary/aromatic N) is 1. The molecular formula is C27H20FN3O2. The Balaban J connectivity index is 1.45. The van der Waals surface area contributed by atoms with Crippen LogP contribution in [0.25, 0.3) is 0 Å². The molecule has 0 saturated carbocycles. The predicted octanol–water partition coefficient (Wildman–Crippen LogP) is 5.98. The van der Waals surface area contributed by atoms with Gasteiger partial charge in [-0.05, 0) is 60.2 Å². The van der Waals surface area contributed by atoms with Crippen molar-refractivity contribution in [2.45, 2.75) is 6.54 Å². The monoisotopic (exact) mass is 437 g/mol. The molecule has 4 aromatic carbocycles. The van der Waals surface area contributed by atoms with Crippen molar-refractivity contribution in [1.82, 2.24) is 0 Å². The molecule has 2 amide bonds. The first-order valence-corrected chi connectivity index (χ1v) is 10.5. The van der Waals surface area contributed by atoms with Crippen molar-refractivity contribution in [3.63, 3.8) is 0 Å². The maximum absolute atomic E-state index is 13.9. The zero-order chi connectivity index (χ0) is 22.8. The van der Waals surface area contributed by atoms with Gasteiger partial charge >= 0.3 is 0 Å². The van der Waals surface area contributed by atoms with Gasteiger partial charge in [-0.15, -0.1) is 0 Å². The number of hydrogen-bond donors (Lipinski definition) is 2. The quantitative estimate of drug-likeness (QED) is 0.414. The summed E-state index contributed by atoms with van der Waals surface area (Å²) in [6, 6.07) is 27.9. The SMILES string of the molecule is O=C(Nc1ccc(C(=O)N2c3ccccc3CNc3ccccc32)cc1)c1ccccc1F. The minimum atomic E-state index is -0.589. The van der Waals surface area contributed by atoms with Crippen molar-refractivity contribution >= 4 is 34.6 Å². The van der Waals surface area contributed by atoms with Crippen LogP contribution < -0.4 is 15.5 Å². The molecule has 5 rings (SSSR count). The largest absolute Gasteiger partial charge is 0.379 e. The van der Waals surface area contributed by atoms with Gasteiger partial charge < -0.3 is 10.6 Å². The van der Waals surface area contributed by atoms with Gasteiger partial charge in [0.1, 0.15) is 5.82 Å². The van der Waals surface area contributed by atoms with Gasteiger partial charge in [0, 0.05) is 17.8 Å². The van der Waals surface area contributed by atoms with Crippen molar-refractivity contribution in [3.8, 4) is 0 Å². The summed E-state index contributed by atoms with van der Waals surface area (Å²) in [4.78, 5) is 27.7. The highest BCUT2D eigenvalue weighted by atomic mass is 19.1. The highest BCUT2D eigenvalue weighted by molar-refractivity contribution is 6.13. The molecule has 0 atom stereocenters. The van der Waals surface area contributed by atoms with Gasteiger partial charge in [0.05, 0.1) is 22.6 Å². The number of hydrogen-bond acceptors (Lipinski definition) is 3. The molecule has 0 bridgehead atoms. The molecule has 0 fully saturated rings. The van der Waals surface area contributed by atoms with Crippen molar-refractivity contribution < 1.29 is 14.0 Å². The first-order chi connectivity index (χ1) is 16.1. The molecule has 1 aliphatic heterocycles. The lowest BCUT2D eigenvalue weighted by Crippen LogP contribution is -2.26. The number of carbonyl (C=O) groups excluding carboxylic acids is 2. The molecule has 0 aromatic heterocycles. The van der Waals surface area contributed by atoms with E-state index < -0.39 is 11.7 Å². The van der Waals surface area contributed by atoms with E-state index in [0.717, 1.165) is 22.6 Å². The summed E-state index contributed by atoms with van der Waals surface area (Å²) in [6.07, 6.45) is 0. The van der Waals surface area contributed by atoms with Gasteiger partial charge in [-0.2, -0.15) is 0 Å². The van der Waals surface area contributed by atoms with E-state index in [4.69, 9.17) is 0 Å². The number of carbonyl (C=O) groups is 2. The second-order valence-electron chi connectivity index (χ2n) is 7.65. The Bertz CT molecular complexity index is 1300. The van der Waals surface area contributed by atoms with Crippen LogP contribution in [0, 0.1) is 5.82 Å². The van der Waals surface area contributed by atoms with Crippen LogP contribution in [0.5, 0.6) is 0 Å². The lowest BCUT2D eigenvalue weighted by atomic mass is 10.1. The Labute approximate surface area is 190 Å². The number of benzene rings is 4. The van der Waals surface area contributed by atoms with E-state index >= 15 is 0 Å². The van der Waals surface area contributed by atoms with Gasteiger partial charge in [0.25, 0.3) is 11.8 Å². The van der Waals surface area contributed by atoms with Crippen LogP contribution in [-0.4, -0.2) is 11.8 Å². The number of fused-ring (bicyclic) bond motifs is 2. The normalized spacial score (nSPS) is 12.1. The van der Waals surface area contributed by atoms with Crippen LogP contribution in [0.1, 0.15) is 26.3 Å². The van der Waals surface area contributed by atoms with Gasteiger partial charge in [0.15, 0.2) is 0 Å². The predicted molar refractivity (Wildman–Crippen MR) is 127 cm³/mol. The third-order valence-electron chi connectivity index (χ3n) is 5.56. The molecule has 0 aliphatic carbocycles. The third kappa shape index (κ3) is 3.94. The van der Waals surface area contributed by atoms with Crippen LogP contribution >= 0.6 is 0 Å². The first-order valence-electron chi connectivity index (χ1n) is 10.5. The standard InChI is InChI=1S/C27H20FN3O2/c28-22-9-3-2-8-21(22)26(32)30-20-15-13-18(14-16-20)27(33)31-24-11-5-1-7-19(24)17-29-23-10-4-6-12-25(23)31/h1-16,29H,17H2,(H,30,32). The molecule has 162 valence electrons. The third-order valence-corrected chi connectivity index (χ3v) is 5.56. The van der Waals surface area contributed by atoms with Gasteiger partial charge in [-0.25, -0.2) is 4.39 Å². The molecule has 0 saturated heterocycles. The van der Waals surface area contributed by atoms with Crippen molar-refractivity contribution in [2.75, 3.05) is 15.5 Å². The summed E-state index contributed by atoms with van der Waals surface area (Å²) in [5.41, 5.74) is 4.36. The number of rotatable bonds is 3. The highest BCUT2D eigenvalue weighted by Crippen LogP contribution is 2.38. The van der Waals surface area contributed by atoms with Crippen LogP contribution in [-0.2, 0) is 6.54 Å². The van der Waals surface area contributed by atoms with Crippen LogP contribution in [0.3, 0.4) is 0 Å². The number of nitrogens with one attached hydrogen (secondary N) is 2. The average Bonchev–Trinajstić information content (AvgIpc) is 3.01. The van der Waals surface area contributed by atoms with E-state index in [0.29, 0.717) is 17.8 Å². The minimum Gasteiger partial charge on any atom is -0.379 e. The summed E-state index contributed by atoms with van der Waals surface area (Å²) in [6.45, 7) is 0.609. The maximum atomic E-state index is 13.9. The first kappa shape index (κ1) is 20.5. The summed E-state index contributed by atoms with van der Waals surface area (Å²) in [5.74, 6) is -1.33. The fraction of sp³-hybridized carbons (Fsp3) is 0.0370. The molecule has 5 nitrogen and oxygen atoms in total. The Morgan fingerprint density at radius 1 is 0.788 bits per heavy atom. The van der Waals surface area contributed by atoms with E-state index in [1.54, 1.807) is 35.2 Å². The zero-order valence-corrected chi connectivity index (χ0v) is 17.6. The fourth-order valence-electron chi connectivity index (χ4n) is 3.90. The second-order valence-corrected chi connectivity index (χ2v) is 7.65. The molecule has 1 heterocycles. The minimum absolute atomic E-state index is 0.0390. The van der Waals surface area contributed by atoms with Crippen LogP contribution in [0.15, 0.2) is 97.1 Å². The van der Waals surface area contributed by atoms with Crippen molar-refractivity contribution in [1.29, 1.82) is 0 Å². The lowest BCUT2D eigenvalue weighted by molar-refractivity contribution is 0.0997. The summed E-state index contributed by atoms with van der Waals surface area (Å²) >= 11 is 0. The molecule has 33 heavy (non-hydrogen) atoms. The number of para-hydroxylation sites is 3. The van der Waals surface area contributed by atoms with E-state index in [9.17, 15) is 14.0 Å². The van der Waals surface area contributed by atoms with E-state index in [2.05, 4.69) is 10.6 Å². The fourth-order valence-corrected chi connectivity index (χ4v) is 3.90. The Morgan fingerprint density at radius 3 is 2.24 bits per heavy atom. The van der Waals surface area contributed by atoms with Crippen LogP contribution in [0.4, 0.5) is 27.1 Å². The van der Waals surface area contributed by atoms with Crippen LogP contribution in [0.2, 0.25) is 0 Å².